The number of nitrogens with zero attached hydrogens (tertiary/aromatic N) is 1. The molecule has 156 valence electrons. The number of halogens is 3. The SMILES string of the molecule is Cc1ccc(-c2nc3cc(Cl)ccc3o2)cc1NC(=S)NC(=O)c1ccc(Cl)cc1Cl. The standard InChI is InChI=1S/C22H14Cl3N3O2S/c1-11-2-3-12(21-26-18-10-14(24)5-7-19(18)30-21)8-17(11)27-22(31)28-20(29)15-6-4-13(23)9-16(15)25/h2-10H,1H3,(H2,27,28,29,31). The Kier molecular flexibility index (Phi) is 6.16. The molecule has 5 nitrogen and oxygen atoms in total. The van der Waals surface area contributed by atoms with Crippen molar-refractivity contribution in [3.05, 3.63) is 80.8 Å². The van der Waals surface area contributed by atoms with Crippen LogP contribution in [0.1, 0.15) is 15.9 Å². The molecule has 0 unspecified atom stereocenters. The number of hydrogen-bond acceptors (Lipinski definition) is 4. The third-order valence-electron chi connectivity index (χ3n) is 4.49. The molecule has 31 heavy (non-hydrogen) atoms. The molecule has 0 spiro atoms. The second kappa shape index (κ2) is 8.85. The van der Waals surface area contributed by atoms with Gasteiger partial charge in [0.05, 0.1) is 10.6 Å². The summed E-state index contributed by atoms with van der Waals surface area (Å²) < 4.78 is 5.83. The zero-order valence-electron chi connectivity index (χ0n) is 16.0. The van der Waals surface area contributed by atoms with E-state index in [4.69, 9.17) is 51.4 Å². The highest BCUT2D eigenvalue weighted by Gasteiger charge is 2.14. The van der Waals surface area contributed by atoms with E-state index in [0.29, 0.717) is 32.7 Å². The zero-order chi connectivity index (χ0) is 22.1. The molecule has 4 rings (SSSR count). The van der Waals surface area contributed by atoms with Gasteiger partial charge in [-0.25, -0.2) is 4.98 Å². The topological polar surface area (TPSA) is 67.2 Å². The van der Waals surface area contributed by atoms with Crippen molar-refractivity contribution in [2.45, 2.75) is 6.92 Å². The molecule has 9 heteroatoms. The van der Waals surface area contributed by atoms with E-state index in [1.165, 1.54) is 12.1 Å². The largest absolute Gasteiger partial charge is 0.436 e. The first-order valence-electron chi connectivity index (χ1n) is 9.04. The van der Waals surface area contributed by atoms with Crippen LogP contribution in [-0.4, -0.2) is 16.0 Å². The van der Waals surface area contributed by atoms with E-state index in [0.717, 1.165) is 11.1 Å². The maximum atomic E-state index is 12.5. The fraction of sp³-hybridized carbons (Fsp3) is 0.0455. The number of carbonyl (C=O) groups is 1. The molecule has 0 atom stereocenters. The van der Waals surface area contributed by atoms with Crippen molar-refractivity contribution in [3.8, 4) is 11.5 Å². The van der Waals surface area contributed by atoms with Crippen LogP contribution in [0.15, 0.2) is 59.0 Å². The van der Waals surface area contributed by atoms with E-state index in [2.05, 4.69) is 15.6 Å². The van der Waals surface area contributed by atoms with Crippen LogP contribution < -0.4 is 10.6 Å². The number of thiocarbonyl (C=S) groups is 1. The predicted octanol–water partition coefficient (Wildman–Crippen LogP) is 6.89. The second-order valence-corrected chi connectivity index (χ2v) is 8.38. The molecular weight excluding hydrogens is 477 g/mol. The summed E-state index contributed by atoms with van der Waals surface area (Å²) in [7, 11) is 0. The van der Waals surface area contributed by atoms with Crippen molar-refractivity contribution >= 4 is 74.8 Å². The second-order valence-electron chi connectivity index (χ2n) is 6.69. The number of nitrogens with one attached hydrogen (secondary N) is 2. The number of oxazole rings is 1. The van der Waals surface area contributed by atoms with E-state index < -0.39 is 5.91 Å². The maximum absolute atomic E-state index is 12.5. The average Bonchev–Trinajstić information content (AvgIpc) is 3.12. The van der Waals surface area contributed by atoms with Gasteiger partial charge in [-0.05, 0) is 73.2 Å². The molecule has 0 saturated heterocycles. The van der Waals surface area contributed by atoms with Gasteiger partial charge < -0.3 is 9.73 Å². The Morgan fingerprint density at radius 2 is 1.74 bits per heavy atom. The maximum Gasteiger partial charge on any atom is 0.258 e. The molecule has 0 saturated carbocycles. The van der Waals surface area contributed by atoms with Gasteiger partial charge in [0.15, 0.2) is 10.7 Å². The van der Waals surface area contributed by atoms with Gasteiger partial charge in [0.25, 0.3) is 5.91 Å². The number of amides is 1. The number of hydrogen-bond donors (Lipinski definition) is 2. The summed E-state index contributed by atoms with van der Waals surface area (Å²) >= 11 is 23.3. The van der Waals surface area contributed by atoms with Crippen LogP contribution in [0.25, 0.3) is 22.6 Å². The molecule has 0 aliphatic carbocycles. The summed E-state index contributed by atoms with van der Waals surface area (Å²) in [5, 5.41) is 7.04. The molecule has 0 radical (unpaired) electrons. The minimum Gasteiger partial charge on any atom is -0.436 e. The molecule has 2 N–H and O–H groups in total. The monoisotopic (exact) mass is 489 g/mol. The Morgan fingerprint density at radius 3 is 2.52 bits per heavy atom. The number of anilines is 1. The minimum atomic E-state index is -0.441. The number of fused-ring (bicyclic) bond motifs is 1. The Balaban J connectivity index is 1.54. The van der Waals surface area contributed by atoms with Crippen LogP contribution in [0.5, 0.6) is 0 Å². The van der Waals surface area contributed by atoms with Gasteiger partial charge in [-0.1, -0.05) is 40.9 Å². The number of aromatic nitrogens is 1. The van der Waals surface area contributed by atoms with Gasteiger partial charge in [0.2, 0.25) is 5.89 Å². The summed E-state index contributed by atoms with van der Waals surface area (Å²) in [6.45, 7) is 1.92. The highest BCUT2D eigenvalue weighted by molar-refractivity contribution is 7.80. The first kappa shape index (κ1) is 21.6. The summed E-state index contributed by atoms with van der Waals surface area (Å²) in [5.41, 5.74) is 3.94. The predicted molar refractivity (Wildman–Crippen MR) is 129 cm³/mol. The lowest BCUT2D eigenvalue weighted by Crippen LogP contribution is -2.34. The van der Waals surface area contributed by atoms with Crippen molar-refractivity contribution in [1.29, 1.82) is 0 Å². The van der Waals surface area contributed by atoms with E-state index in [-0.39, 0.29) is 15.7 Å². The summed E-state index contributed by atoms with van der Waals surface area (Å²) in [6.07, 6.45) is 0. The quantitative estimate of drug-likeness (QED) is 0.306. The lowest BCUT2D eigenvalue weighted by atomic mass is 10.1. The van der Waals surface area contributed by atoms with E-state index in [1.807, 2.05) is 25.1 Å². The molecule has 4 aromatic rings. The van der Waals surface area contributed by atoms with Crippen molar-refractivity contribution in [2.75, 3.05) is 5.32 Å². The van der Waals surface area contributed by atoms with E-state index in [9.17, 15) is 4.79 Å². The molecule has 0 fully saturated rings. The van der Waals surface area contributed by atoms with Crippen LogP contribution in [0.2, 0.25) is 15.1 Å². The van der Waals surface area contributed by atoms with Gasteiger partial charge in [-0.3, -0.25) is 10.1 Å². The van der Waals surface area contributed by atoms with Crippen LogP contribution >= 0.6 is 47.0 Å². The van der Waals surface area contributed by atoms with Crippen LogP contribution in [0, 0.1) is 6.92 Å². The average molecular weight is 491 g/mol. The fourth-order valence-electron chi connectivity index (χ4n) is 2.91. The Bertz CT molecular complexity index is 1340. The zero-order valence-corrected chi connectivity index (χ0v) is 19.1. The number of carbonyl (C=O) groups excluding carboxylic acids is 1. The lowest BCUT2D eigenvalue weighted by Gasteiger charge is -2.13. The number of rotatable bonds is 3. The number of aryl methyl sites for hydroxylation is 1. The normalized spacial score (nSPS) is 10.8. The summed E-state index contributed by atoms with van der Waals surface area (Å²) in [6, 6.07) is 15.5. The summed E-state index contributed by atoms with van der Waals surface area (Å²) in [4.78, 5) is 17.0. The molecule has 0 bridgehead atoms. The Labute approximate surface area is 198 Å². The number of benzene rings is 3. The third-order valence-corrected chi connectivity index (χ3v) is 5.47. The molecule has 0 aliphatic rings. The van der Waals surface area contributed by atoms with Crippen LogP contribution in [-0.2, 0) is 0 Å². The molecular formula is C22H14Cl3N3O2S. The van der Waals surface area contributed by atoms with Crippen LogP contribution in [0.3, 0.4) is 0 Å². The molecule has 3 aromatic carbocycles. The van der Waals surface area contributed by atoms with Crippen molar-refractivity contribution in [3.63, 3.8) is 0 Å². The first-order chi connectivity index (χ1) is 14.8. The van der Waals surface area contributed by atoms with Crippen molar-refractivity contribution in [1.82, 2.24) is 10.3 Å². The van der Waals surface area contributed by atoms with Crippen molar-refractivity contribution < 1.29 is 9.21 Å². The van der Waals surface area contributed by atoms with Gasteiger partial charge in [-0.15, -0.1) is 0 Å². The lowest BCUT2D eigenvalue weighted by molar-refractivity contribution is 0.0978. The smallest absolute Gasteiger partial charge is 0.258 e. The Hall–Kier alpha value is -2.64. The third kappa shape index (κ3) is 4.83. The minimum absolute atomic E-state index is 0.126. The van der Waals surface area contributed by atoms with E-state index >= 15 is 0 Å². The molecule has 1 heterocycles. The molecule has 0 aliphatic heterocycles. The molecule has 1 aromatic heterocycles. The fourth-order valence-corrected chi connectivity index (χ4v) is 3.77. The van der Waals surface area contributed by atoms with Gasteiger partial charge in [0.1, 0.15) is 5.52 Å². The van der Waals surface area contributed by atoms with Gasteiger partial charge in [0, 0.05) is 21.3 Å². The van der Waals surface area contributed by atoms with E-state index in [1.54, 1.807) is 24.3 Å². The van der Waals surface area contributed by atoms with Crippen LogP contribution in [0.4, 0.5) is 5.69 Å². The summed E-state index contributed by atoms with van der Waals surface area (Å²) in [5.74, 6) is 0.00650. The first-order valence-corrected chi connectivity index (χ1v) is 10.6. The van der Waals surface area contributed by atoms with Gasteiger partial charge in [-0.2, -0.15) is 0 Å². The highest BCUT2D eigenvalue weighted by Crippen LogP contribution is 2.29. The van der Waals surface area contributed by atoms with Crippen molar-refractivity contribution in [2.24, 2.45) is 0 Å². The Morgan fingerprint density at radius 1 is 1.00 bits per heavy atom. The molecule has 1 amide bonds. The van der Waals surface area contributed by atoms with Gasteiger partial charge >= 0.3 is 0 Å². The highest BCUT2D eigenvalue weighted by atomic mass is 35.5.